The first kappa shape index (κ1) is 20.2. The lowest BCUT2D eigenvalue weighted by molar-refractivity contribution is 0.591. The molecule has 0 spiro atoms. The van der Waals surface area contributed by atoms with E-state index < -0.39 is 0 Å². The van der Waals surface area contributed by atoms with Gasteiger partial charge in [-0.15, -0.1) is 11.8 Å². The molecule has 0 aliphatic carbocycles. The highest BCUT2D eigenvalue weighted by atomic mass is 32.2. The van der Waals surface area contributed by atoms with Crippen LogP contribution in [-0.2, 0) is 5.41 Å². The van der Waals surface area contributed by atoms with Crippen LogP contribution in [0, 0.1) is 0 Å². The molecule has 2 aromatic carbocycles. The molecule has 0 aromatic heterocycles. The number of benzene rings is 2. The molecule has 0 heterocycles. The van der Waals surface area contributed by atoms with Crippen LogP contribution in [0.2, 0.25) is 5.82 Å². The smallest absolute Gasteiger partial charge is 0.120 e. The molecule has 0 bridgehead atoms. The first-order valence-corrected chi connectivity index (χ1v) is 10.2. The maximum Gasteiger partial charge on any atom is 0.211 e. The van der Waals surface area contributed by atoms with Gasteiger partial charge in [-0.3, -0.25) is 0 Å². The van der Waals surface area contributed by atoms with Crippen molar-refractivity contribution in [3.05, 3.63) is 54.1 Å². The van der Waals surface area contributed by atoms with Crippen molar-refractivity contribution in [1.29, 1.82) is 0 Å². The standard InChI is InChI=1S/C23H33BS/c1-17(2)24(20-11-9-10-18(16-20)22(3,4)5)19-12-14-21(15-13-19)25-23(6,7)8/h9-17H,1-8H3. The summed E-state index contributed by atoms with van der Waals surface area (Å²) in [7, 11) is 0. The van der Waals surface area contributed by atoms with Gasteiger partial charge in [0.1, 0.15) is 0 Å². The van der Waals surface area contributed by atoms with Gasteiger partial charge in [-0.25, -0.2) is 0 Å². The van der Waals surface area contributed by atoms with Crippen molar-refractivity contribution >= 4 is 29.4 Å². The fourth-order valence-electron chi connectivity index (χ4n) is 3.26. The van der Waals surface area contributed by atoms with E-state index in [-0.39, 0.29) is 10.2 Å². The fourth-order valence-corrected chi connectivity index (χ4v) is 4.24. The zero-order chi connectivity index (χ0) is 18.8. The summed E-state index contributed by atoms with van der Waals surface area (Å²) in [4.78, 5) is 1.35. The van der Waals surface area contributed by atoms with Crippen molar-refractivity contribution in [2.24, 2.45) is 0 Å². The Balaban J connectivity index is 2.36. The summed E-state index contributed by atoms with van der Waals surface area (Å²) in [5.41, 5.74) is 4.44. The van der Waals surface area contributed by atoms with Gasteiger partial charge >= 0.3 is 0 Å². The highest BCUT2D eigenvalue weighted by Gasteiger charge is 2.25. The second kappa shape index (κ2) is 7.62. The Kier molecular flexibility index (Phi) is 6.15. The SMILES string of the molecule is CC(C)B(c1ccc(SC(C)(C)C)cc1)c1cccc(C(C)(C)C)c1. The van der Waals surface area contributed by atoms with Crippen molar-refractivity contribution in [1.82, 2.24) is 0 Å². The van der Waals surface area contributed by atoms with E-state index in [0.29, 0.717) is 12.5 Å². The molecule has 0 radical (unpaired) electrons. The molecule has 0 aliphatic rings. The van der Waals surface area contributed by atoms with Crippen LogP contribution in [0.1, 0.15) is 61.0 Å². The average Bonchev–Trinajstić information content (AvgIpc) is 2.47. The molecule has 2 heteroatoms. The summed E-state index contributed by atoms with van der Waals surface area (Å²) < 4.78 is 0.250. The number of hydrogen-bond donors (Lipinski definition) is 0. The van der Waals surface area contributed by atoms with Crippen molar-refractivity contribution in [3.63, 3.8) is 0 Å². The molecule has 0 nitrogen and oxygen atoms in total. The predicted molar refractivity (Wildman–Crippen MR) is 117 cm³/mol. The quantitative estimate of drug-likeness (QED) is 0.488. The molecule has 25 heavy (non-hydrogen) atoms. The van der Waals surface area contributed by atoms with Gasteiger partial charge in [0, 0.05) is 9.64 Å². The average molecular weight is 352 g/mol. The van der Waals surface area contributed by atoms with Gasteiger partial charge in [-0.1, -0.05) is 109 Å². The molecular weight excluding hydrogens is 319 g/mol. The van der Waals surface area contributed by atoms with Crippen LogP contribution in [0.25, 0.3) is 0 Å². The van der Waals surface area contributed by atoms with Crippen LogP contribution in [0.5, 0.6) is 0 Å². The molecule has 0 N–H and O–H groups in total. The van der Waals surface area contributed by atoms with E-state index >= 15 is 0 Å². The normalized spacial score (nSPS) is 12.5. The van der Waals surface area contributed by atoms with Crippen LogP contribution in [0.3, 0.4) is 0 Å². The molecule has 0 fully saturated rings. The van der Waals surface area contributed by atoms with E-state index in [2.05, 4.69) is 104 Å². The molecule has 0 unspecified atom stereocenters. The third kappa shape index (κ3) is 5.67. The van der Waals surface area contributed by atoms with E-state index in [4.69, 9.17) is 0 Å². The molecule has 0 aliphatic heterocycles. The van der Waals surface area contributed by atoms with Crippen molar-refractivity contribution < 1.29 is 0 Å². The van der Waals surface area contributed by atoms with Gasteiger partial charge in [0.25, 0.3) is 0 Å². The van der Waals surface area contributed by atoms with E-state index in [1.807, 2.05) is 11.8 Å². The highest BCUT2D eigenvalue weighted by molar-refractivity contribution is 8.00. The third-order valence-corrected chi connectivity index (χ3v) is 5.56. The van der Waals surface area contributed by atoms with Crippen LogP contribution in [0.4, 0.5) is 0 Å². The number of hydrogen-bond acceptors (Lipinski definition) is 1. The van der Waals surface area contributed by atoms with Crippen LogP contribution < -0.4 is 10.9 Å². The van der Waals surface area contributed by atoms with E-state index in [9.17, 15) is 0 Å². The molecular formula is C23H33BS. The topological polar surface area (TPSA) is 0 Å². The van der Waals surface area contributed by atoms with Gasteiger partial charge in [0.15, 0.2) is 0 Å². The third-order valence-electron chi connectivity index (χ3n) is 4.44. The molecule has 2 rings (SSSR count). The lowest BCUT2D eigenvalue weighted by Gasteiger charge is -2.24. The van der Waals surface area contributed by atoms with E-state index in [0.717, 1.165) is 0 Å². The zero-order valence-corrected chi connectivity index (χ0v) is 18.0. The maximum atomic E-state index is 2.41. The molecule has 134 valence electrons. The number of thioether (sulfide) groups is 1. The summed E-state index contributed by atoms with van der Waals surface area (Å²) >= 11 is 1.93. The second-order valence-corrected chi connectivity index (χ2v) is 11.3. The Bertz CT molecular complexity index is 687. The minimum absolute atomic E-state index is 0.185. The first-order valence-electron chi connectivity index (χ1n) is 9.37. The molecule has 0 saturated heterocycles. The van der Waals surface area contributed by atoms with Crippen LogP contribution >= 0.6 is 11.8 Å². The van der Waals surface area contributed by atoms with Crippen molar-refractivity contribution in [2.75, 3.05) is 0 Å². The monoisotopic (exact) mass is 352 g/mol. The minimum Gasteiger partial charge on any atom is -0.120 e. The predicted octanol–water partition coefficient (Wildman–Crippen LogP) is 5.89. The first-order chi connectivity index (χ1) is 11.5. The van der Waals surface area contributed by atoms with E-state index in [1.165, 1.54) is 21.4 Å². The molecule has 0 saturated carbocycles. The molecule has 0 amide bonds. The second-order valence-electron chi connectivity index (χ2n) is 9.38. The van der Waals surface area contributed by atoms with Crippen molar-refractivity contribution in [3.8, 4) is 0 Å². The van der Waals surface area contributed by atoms with Crippen LogP contribution in [0.15, 0.2) is 53.4 Å². The largest absolute Gasteiger partial charge is 0.211 e. The molecule has 2 aromatic rings. The Morgan fingerprint density at radius 1 is 0.800 bits per heavy atom. The highest BCUT2D eigenvalue weighted by Crippen LogP contribution is 2.31. The van der Waals surface area contributed by atoms with Crippen molar-refractivity contribution in [2.45, 2.75) is 76.3 Å². The van der Waals surface area contributed by atoms with Gasteiger partial charge in [0.2, 0.25) is 6.71 Å². The lowest BCUT2D eigenvalue weighted by atomic mass is 9.34. The Hall–Kier alpha value is -1.15. The molecule has 0 atom stereocenters. The number of rotatable bonds is 4. The Labute approximate surface area is 159 Å². The Morgan fingerprint density at radius 2 is 1.40 bits per heavy atom. The Morgan fingerprint density at radius 3 is 1.88 bits per heavy atom. The summed E-state index contributed by atoms with van der Waals surface area (Å²) in [5, 5.41) is 0. The fraction of sp³-hybridized carbons (Fsp3) is 0.478. The summed E-state index contributed by atoms with van der Waals surface area (Å²) in [5.74, 6) is 0.566. The lowest BCUT2D eigenvalue weighted by Crippen LogP contribution is -2.44. The van der Waals surface area contributed by atoms with Gasteiger partial charge < -0.3 is 0 Å². The zero-order valence-electron chi connectivity index (χ0n) is 17.2. The maximum absolute atomic E-state index is 2.41. The summed E-state index contributed by atoms with van der Waals surface area (Å²) in [6, 6.07) is 18.4. The minimum atomic E-state index is 0.185. The van der Waals surface area contributed by atoms with Crippen LogP contribution in [-0.4, -0.2) is 11.5 Å². The van der Waals surface area contributed by atoms with Gasteiger partial charge in [0.05, 0.1) is 0 Å². The van der Waals surface area contributed by atoms with E-state index in [1.54, 1.807) is 0 Å². The summed E-state index contributed by atoms with van der Waals surface area (Å²) in [6.07, 6.45) is 0. The van der Waals surface area contributed by atoms with Gasteiger partial charge in [-0.05, 0) is 23.1 Å². The summed E-state index contributed by atoms with van der Waals surface area (Å²) in [6.45, 7) is 18.7. The van der Waals surface area contributed by atoms with Gasteiger partial charge in [-0.2, -0.15) is 0 Å².